The molecular weight excluding hydrogens is 259 g/mol. The van der Waals surface area contributed by atoms with E-state index in [1.165, 1.54) is 0 Å². The van der Waals surface area contributed by atoms with Crippen LogP contribution in [0.4, 0.5) is 18.0 Å². The largest absolute Gasteiger partial charge is 0.419 e. The van der Waals surface area contributed by atoms with Crippen LogP contribution >= 0.6 is 0 Å². The summed E-state index contributed by atoms with van der Waals surface area (Å²) >= 11 is 0. The van der Waals surface area contributed by atoms with E-state index in [2.05, 4.69) is 0 Å². The molecule has 6 heteroatoms. The van der Waals surface area contributed by atoms with Gasteiger partial charge in [-0.2, -0.15) is 13.2 Å². The number of rotatable bonds is 1. The molecule has 0 atom stereocenters. The lowest BCUT2D eigenvalue weighted by Gasteiger charge is -2.25. The molecule has 0 radical (unpaired) electrons. The predicted octanol–water partition coefficient (Wildman–Crippen LogP) is 3.73. The summed E-state index contributed by atoms with van der Waals surface area (Å²) in [5.41, 5.74) is -0.705. The van der Waals surface area contributed by atoms with Gasteiger partial charge in [0.1, 0.15) is 5.75 Å². The van der Waals surface area contributed by atoms with Gasteiger partial charge in [0, 0.05) is 18.3 Å². The number of halogens is 3. The molecule has 1 aliphatic heterocycles. The molecule has 0 unspecified atom stereocenters. The number of hydrogen-bond donors (Lipinski definition) is 0. The van der Waals surface area contributed by atoms with Crippen LogP contribution in [0.5, 0.6) is 5.75 Å². The van der Waals surface area contributed by atoms with Crippen molar-refractivity contribution < 1.29 is 22.7 Å². The molecule has 0 N–H and O–H groups in total. The molecule has 2 rings (SSSR count). The Bertz CT molecular complexity index is 482. The first-order valence-electron chi connectivity index (χ1n) is 5.78. The van der Waals surface area contributed by atoms with Gasteiger partial charge in [0.05, 0.1) is 0 Å². The molecule has 1 aromatic rings. The first-order chi connectivity index (χ1) is 8.97. The minimum absolute atomic E-state index is 0.0708. The summed E-state index contributed by atoms with van der Waals surface area (Å²) in [6.45, 7) is 0.227. The third-order valence-corrected chi connectivity index (χ3v) is 2.70. The van der Waals surface area contributed by atoms with Crippen LogP contribution < -0.4 is 4.74 Å². The van der Waals surface area contributed by atoms with Crippen LogP contribution in [-0.4, -0.2) is 23.7 Å². The van der Waals surface area contributed by atoms with Crippen molar-refractivity contribution >= 4 is 6.09 Å². The highest BCUT2D eigenvalue weighted by molar-refractivity contribution is 5.72. The Hall–Kier alpha value is -1.98. The van der Waals surface area contributed by atoms with Crippen molar-refractivity contribution in [3.8, 4) is 5.75 Å². The smallest absolute Gasteiger partial charge is 0.410 e. The Morgan fingerprint density at radius 3 is 2.53 bits per heavy atom. The van der Waals surface area contributed by atoms with Gasteiger partial charge in [-0.3, -0.25) is 4.90 Å². The van der Waals surface area contributed by atoms with Crippen molar-refractivity contribution in [3.05, 3.63) is 42.1 Å². The highest BCUT2D eigenvalue weighted by Gasteiger charge is 2.36. The minimum Gasteiger partial charge on any atom is -0.410 e. The highest BCUT2D eigenvalue weighted by atomic mass is 19.4. The number of alkyl halides is 3. The zero-order valence-corrected chi connectivity index (χ0v) is 9.98. The Kier molecular flexibility index (Phi) is 3.78. The molecule has 1 amide bonds. The van der Waals surface area contributed by atoms with Crippen LogP contribution in [0.25, 0.3) is 0 Å². The topological polar surface area (TPSA) is 29.5 Å². The normalized spacial score (nSPS) is 15.9. The average molecular weight is 271 g/mol. The molecular formula is C13H12F3NO2. The molecule has 0 fully saturated rings. The Labute approximate surface area is 108 Å². The van der Waals surface area contributed by atoms with Crippen molar-refractivity contribution in [2.45, 2.75) is 19.0 Å². The molecule has 0 aliphatic carbocycles. The molecule has 0 bridgehead atoms. The Balaban J connectivity index is 2.07. The highest BCUT2D eigenvalue weighted by Crippen LogP contribution is 2.32. The third kappa shape index (κ3) is 3.49. The number of amides is 1. The van der Waals surface area contributed by atoms with Crippen molar-refractivity contribution in [1.82, 2.24) is 4.90 Å². The molecule has 1 aliphatic rings. The van der Waals surface area contributed by atoms with E-state index in [4.69, 9.17) is 4.74 Å². The molecule has 1 heterocycles. The van der Waals surface area contributed by atoms with Crippen LogP contribution in [0.1, 0.15) is 12.8 Å². The summed E-state index contributed by atoms with van der Waals surface area (Å²) in [4.78, 5) is 12.7. The Morgan fingerprint density at radius 1 is 1.21 bits per heavy atom. The number of carbonyl (C=O) groups excluding carboxylic acids is 1. The van der Waals surface area contributed by atoms with Crippen LogP contribution in [0, 0.1) is 0 Å². The molecule has 102 valence electrons. The van der Waals surface area contributed by atoms with Gasteiger partial charge in [-0.25, -0.2) is 4.79 Å². The molecule has 0 saturated carbocycles. The minimum atomic E-state index is -4.40. The van der Waals surface area contributed by atoms with E-state index in [0.717, 1.165) is 11.1 Å². The number of nitrogens with zero attached hydrogens (tertiary/aromatic N) is 1. The van der Waals surface area contributed by atoms with E-state index in [1.807, 2.05) is 0 Å². The second-order valence-electron chi connectivity index (χ2n) is 4.13. The zero-order chi connectivity index (χ0) is 13.9. The molecule has 19 heavy (non-hydrogen) atoms. The summed E-state index contributed by atoms with van der Waals surface area (Å²) in [6.07, 6.45) is -4.17. The van der Waals surface area contributed by atoms with Crippen LogP contribution in [0.3, 0.4) is 0 Å². The standard InChI is InChI=1S/C13H12F3NO2/c14-13(15,16)10-5-4-8-17(9-10)12(18)19-11-6-2-1-3-7-11/h1-3,6-7,9H,4-5,8H2. The number of carbonyl (C=O) groups is 1. The fourth-order valence-corrected chi connectivity index (χ4v) is 1.76. The van der Waals surface area contributed by atoms with Crippen molar-refractivity contribution in [2.75, 3.05) is 6.54 Å². The van der Waals surface area contributed by atoms with E-state index in [-0.39, 0.29) is 19.4 Å². The molecule has 3 nitrogen and oxygen atoms in total. The monoisotopic (exact) mass is 271 g/mol. The van der Waals surface area contributed by atoms with Gasteiger partial charge >= 0.3 is 12.3 Å². The molecule has 0 saturated heterocycles. The maximum atomic E-state index is 12.6. The van der Waals surface area contributed by atoms with Crippen molar-refractivity contribution in [1.29, 1.82) is 0 Å². The van der Waals surface area contributed by atoms with Gasteiger partial charge in [-0.15, -0.1) is 0 Å². The van der Waals surface area contributed by atoms with E-state index < -0.39 is 17.8 Å². The lowest BCUT2D eigenvalue weighted by molar-refractivity contribution is -0.0962. The summed E-state index contributed by atoms with van der Waals surface area (Å²) < 4.78 is 42.7. The van der Waals surface area contributed by atoms with Crippen molar-refractivity contribution in [3.63, 3.8) is 0 Å². The maximum absolute atomic E-state index is 12.6. The number of benzene rings is 1. The number of ether oxygens (including phenoxy) is 1. The van der Waals surface area contributed by atoms with Gasteiger partial charge in [0.15, 0.2) is 0 Å². The van der Waals surface area contributed by atoms with E-state index >= 15 is 0 Å². The lowest BCUT2D eigenvalue weighted by atomic mass is 10.1. The molecule has 0 aromatic heterocycles. The summed E-state index contributed by atoms with van der Waals surface area (Å²) in [5.74, 6) is 0.306. The quantitative estimate of drug-likeness (QED) is 0.779. The summed E-state index contributed by atoms with van der Waals surface area (Å²) in [7, 11) is 0. The number of allylic oxidation sites excluding steroid dienone is 1. The summed E-state index contributed by atoms with van der Waals surface area (Å²) in [6, 6.07) is 8.23. The lowest BCUT2D eigenvalue weighted by Crippen LogP contribution is -2.34. The van der Waals surface area contributed by atoms with Gasteiger partial charge in [0.25, 0.3) is 0 Å². The fraction of sp³-hybridized carbons (Fsp3) is 0.308. The second kappa shape index (κ2) is 5.34. The number of hydrogen-bond acceptors (Lipinski definition) is 2. The predicted molar refractivity (Wildman–Crippen MR) is 62.5 cm³/mol. The first kappa shape index (κ1) is 13.5. The SMILES string of the molecule is O=C(Oc1ccccc1)N1C=C(C(F)(F)F)CCC1. The van der Waals surface area contributed by atoms with Gasteiger partial charge in [-0.05, 0) is 25.0 Å². The first-order valence-corrected chi connectivity index (χ1v) is 5.78. The Morgan fingerprint density at radius 2 is 1.89 bits per heavy atom. The van der Waals surface area contributed by atoms with Crippen molar-refractivity contribution in [2.24, 2.45) is 0 Å². The van der Waals surface area contributed by atoms with Gasteiger partial charge in [0.2, 0.25) is 0 Å². The second-order valence-corrected chi connectivity index (χ2v) is 4.13. The van der Waals surface area contributed by atoms with Gasteiger partial charge < -0.3 is 4.74 Å². The van der Waals surface area contributed by atoms with Gasteiger partial charge in [-0.1, -0.05) is 18.2 Å². The summed E-state index contributed by atoms with van der Waals surface area (Å²) in [5, 5.41) is 0. The van der Waals surface area contributed by atoms with Crippen LogP contribution in [0.2, 0.25) is 0 Å². The molecule has 1 aromatic carbocycles. The average Bonchev–Trinajstić information content (AvgIpc) is 2.39. The van der Waals surface area contributed by atoms with E-state index in [9.17, 15) is 18.0 Å². The fourth-order valence-electron chi connectivity index (χ4n) is 1.76. The van der Waals surface area contributed by atoms with E-state index in [0.29, 0.717) is 5.75 Å². The maximum Gasteiger partial charge on any atom is 0.419 e. The zero-order valence-electron chi connectivity index (χ0n) is 9.98. The van der Waals surface area contributed by atoms with Crippen LogP contribution in [0.15, 0.2) is 42.1 Å². The van der Waals surface area contributed by atoms with Crippen LogP contribution in [-0.2, 0) is 0 Å². The van der Waals surface area contributed by atoms with E-state index in [1.54, 1.807) is 30.3 Å². The third-order valence-electron chi connectivity index (χ3n) is 2.70. The molecule has 0 spiro atoms. The number of para-hydroxylation sites is 1.